The average Bonchev–Trinajstić information content (AvgIpc) is 3.20. The fraction of sp³-hybridized carbons (Fsp3) is 0.500. The van der Waals surface area contributed by atoms with Crippen LogP contribution < -0.4 is 10.6 Å². The molecule has 5 heterocycles. The third-order valence-electron chi connectivity index (χ3n) is 6.38. The maximum Gasteiger partial charge on any atom is 0.247 e. The number of carbonyl (C=O) groups is 1. The molecule has 0 atom stereocenters. The highest BCUT2D eigenvalue weighted by Gasteiger charge is 2.25. The molecule has 0 aromatic carbocycles. The Morgan fingerprint density at radius 3 is 2.51 bits per heavy atom. The molecule has 2 aliphatic rings. The zero-order valence-electron chi connectivity index (χ0n) is 19.5. The van der Waals surface area contributed by atoms with Gasteiger partial charge in [0.25, 0.3) is 0 Å². The Hall–Kier alpha value is -3.29. The summed E-state index contributed by atoms with van der Waals surface area (Å²) in [6, 6.07) is 0. The highest BCUT2D eigenvalue weighted by molar-refractivity contribution is 7.19. The van der Waals surface area contributed by atoms with E-state index in [-0.39, 0.29) is 18.4 Å². The lowest BCUT2D eigenvalue weighted by molar-refractivity contribution is -0.131. The highest BCUT2D eigenvalue weighted by atomic mass is 32.1. The number of morpholine rings is 1. The van der Waals surface area contributed by atoms with Gasteiger partial charge in [0.2, 0.25) is 11.9 Å². The number of nitrogens with two attached hydrogens (primary N) is 1. The van der Waals surface area contributed by atoms with Crippen molar-refractivity contribution in [2.24, 2.45) is 5.18 Å². The molecule has 3 aromatic heterocycles. The first-order chi connectivity index (χ1) is 17.0. The predicted molar refractivity (Wildman–Crippen MR) is 133 cm³/mol. The van der Waals surface area contributed by atoms with Crippen LogP contribution in [0.25, 0.3) is 21.6 Å². The van der Waals surface area contributed by atoms with E-state index in [9.17, 15) is 9.70 Å². The molecule has 2 fully saturated rings. The second kappa shape index (κ2) is 10.1. The Kier molecular flexibility index (Phi) is 6.79. The van der Waals surface area contributed by atoms with Crippen molar-refractivity contribution < 1.29 is 9.53 Å². The van der Waals surface area contributed by atoms with Crippen LogP contribution >= 0.6 is 11.3 Å². The molecule has 2 N–H and O–H groups in total. The van der Waals surface area contributed by atoms with Crippen molar-refractivity contribution in [2.45, 2.75) is 13.5 Å². The van der Waals surface area contributed by atoms with Crippen LogP contribution in [0.3, 0.4) is 0 Å². The van der Waals surface area contributed by atoms with Gasteiger partial charge < -0.3 is 20.3 Å². The molecule has 12 nitrogen and oxygen atoms in total. The number of fused-ring (bicyclic) bond motifs is 1. The minimum atomic E-state index is -0.292. The highest BCUT2D eigenvalue weighted by Crippen LogP contribution is 2.38. The number of nitrogen functional groups attached to an aromatic ring is 1. The summed E-state index contributed by atoms with van der Waals surface area (Å²) in [6.07, 6.45) is 3.30. The van der Waals surface area contributed by atoms with Crippen LogP contribution in [0.2, 0.25) is 0 Å². The molecule has 2 saturated heterocycles. The molecule has 3 aromatic rings. The minimum Gasteiger partial charge on any atom is -0.378 e. The second-order valence-corrected chi connectivity index (χ2v) is 9.68. The molecule has 0 radical (unpaired) electrons. The number of hydrogen-bond donors (Lipinski definition) is 1. The van der Waals surface area contributed by atoms with Gasteiger partial charge in [-0.3, -0.25) is 9.69 Å². The maximum absolute atomic E-state index is 12.0. The van der Waals surface area contributed by atoms with E-state index >= 15 is 0 Å². The first-order valence-corrected chi connectivity index (χ1v) is 12.3. The maximum atomic E-state index is 12.0. The topological polar surface area (TPSA) is 143 Å². The molecular formula is C22H27N9O3S. The van der Waals surface area contributed by atoms with E-state index in [1.807, 2.05) is 0 Å². The van der Waals surface area contributed by atoms with Gasteiger partial charge in [-0.1, -0.05) is 5.18 Å². The van der Waals surface area contributed by atoms with E-state index < -0.39 is 0 Å². The Labute approximate surface area is 206 Å². The van der Waals surface area contributed by atoms with Crippen LogP contribution in [0, 0.1) is 11.8 Å². The first-order valence-electron chi connectivity index (χ1n) is 11.5. The number of anilines is 2. The van der Waals surface area contributed by atoms with Crippen LogP contribution in [0.5, 0.6) is 0 Å². The predicted octanol–water partition coefficient (Wildman–Crippen LogP) is 1.29. The Morgan fingerprint density at radius 1 is 1.11 bits per heavy atom. The summed E-state index contributed by atoms with van der Waals surface area (Å²) in [4.78, 5) is 47.9. The van der Waals surface area contributed by atoms with Crippen molar-refractivity contribution in [3.63, 3.8) is 0 Å². The number of nitrogens with zero attached hydrogens (tertiary/aromatic N) is 8. The lowest BCUT2D eigenvalue weighted by atomic mass is 10.2. The number of amides is 1. The van der Waals surface area contributed by atoms with Crippen LogP contribution in [-0.2, 0) is 16.1 Å². The van der Waals surface area contributed by atoms with Crippen LogP contribution in [0.15, 0.2) is 17.6 Å². The summed E-state index contributed by atoms with van der Waals surface area (Å²) in [5.41, 5.74) is 8.44. The number of ether oxygens (including phenoxy) is 1. The van der Waals surface area contributed by atoms with Crippen LogP contribution in [0.1, 0.15) is 10.4 Å². The smallest absolute Gasteiger partial charge is 0.247 e. The summed E-state index contributed by atoms with van der Waals surface area (Å²) in [6.45, 7) is 8.10. The Morgan fingerprint density at radius 2 is 1.83 bits per heavy atom. The van der Waals surface area contributed by atoms with Gasteiger partial charge in [0.05, 0.1) is 29.0 Å². The molecule has 0 unspecified atom stereocenters. The summed E-state index contributed by atoms with van der Waals surface area (Å²) in [5.74, 6) is 1.48. The summed E-state index contributed by atoms with van der Waals surface area (Å²) >= 11 is 1.72. The molecule has 5 rings (SSSR count). The molecule has 0 bridgehead atoms. The quantitative estimate of drug-likeness (QED) is 0.495. The number of nitroso groups, excluding NO2 is 1. The minimum absolute atomic E-state index is 0.206. The summed E-state index contributed by atoms with van der Waals surface area (Å²) < 4.78 is 6.62. The number of carbonyl (C=O) groups excluding carboxylic acids is 1. The summed E-state index contributed by atoms with van der Waals surface area (Å²) in [5, 5.41) is 2.72. The lowest BCUT2D eigenvalue weighted by Gasteiger charge is -2.34. The number of piperazine rings is 1. The van der Waals surface area contributed by atoms with Gasteiger partial charge >= 0.3 is 0 Å². The van der Waals surface area contributed by atoms with Gasteiger partial charge in [-0.05, 0) is 12.5 Å². The molecular weight excluding hydrogens is 470 g/mol. The third-order valence-corrected chi connectivity index (χ3v) is 7.64. The van der Waals surface area contributed by atoms with Gasteiger partial charge in [0.15, 0.2) is 18.2 Å². The largest absolute Gasteiger partial charge is 0.378 e. The van der Waals surface area contributed by atoms with E-state index in [0.29, 0.717) is 37.7 Å². The third kappa shape index (κ3) is 4.92. The second-order valence-electron chi connectivity index (χ2n) is 8.57. The van der Waals surface area contributed by atoms with E-state index in [1.54, 1.807) is 28.6 Å². The van der Waals surface area contributed by atoms with Crippen molar-refractivity contribution in [1.29, 1.82) is 0 Å². The van der Waals surface area contributed by atoms with E-state index in [4.69, 9.17) is 20.4 Å². The first kappa shape index (κ1) is 23.5. The molecule has 0 aliphatic carbocycles. The van der Waals surface area contributed by atoms with E-state index in [0.717, 1.165) is 54.3 Å². The molecule has 1 amide bonds. The van der Waals surface area contributed by atoms with Crippen LogP contribution in [0.4, 0.5) is 11.8 Å². The SMILES string of the molecule is Cc1c(CN2CCN(C(=O)CN=O)CC2)sc2c(N3CCOCC3)nc(-c3cnc(N)nc3)nc12. The van der Waals surface area contributed by atoms with Crippen molar-refractivity contribution in [3.8, 4) is 11.4 Å². The van der Waals surface area contributed by atoms with Gasteiger partial charge in [-0.15, -0.1) is 11.3 Å². The normalized spacial score (nSPS) is 17.2. The van der Waals surface area contributed by atoms with E-state index in [1.165, 1.54) is 4.88 Å². The van der Waals surface area contributed by atoms with Crippen molar-refractivity contribution >= 4 is 39.2 Å². The van der Waals surface area contributed by atoms with Gasteiger partial charge in [-0.25, -0.2) is 19.9 Å². The van der Waals surface area contributed by atoms with Gasteiger partial charge in [0.1, 0.15) is 0 Å². The lowest BCUT2D eigenvalue weighted by Crippen LogP contribution is -2.48. The molecule has 0 spiro atoms. The molecule has 35 heavy (non-hydrogen) atoms. The fourth-order valence-electron chi connectivity index (χ4n) is 4.36. The van der Waals surface area contributed by atoms with Crippen LogP contribution in [-0.4, -0.2) is 94.7 Å². The van der Waals surface area contributed by atoms with Gasteiger partial charge in [0, 0.05) is 63.1 Å². The fourth-order valence-corrected chi connectivity index (χ4v) is 5.66. The van der Waals surface area contributed by atoms with E-state index in [2.05, 4.69) is 31.9 Å². The van der Waals surface area contributed by atoms with Crippen molar-refractivity contribution in [2.75, 3.05) is 69.7 Å². The van der Waals surface area contributed by atoms with Gasteiger partial charge in [-0.2, -0.15) is 4.91 Å². The monoisotopic (exact) mass is 497 g/mol. The number of thiophene rings is 1. The molecule has 184 valence electrons. The number of aromatic nitrogens is 4. The van der Waals surface area contributed by atoms with Crippen molar-refractivity contribution in [1.82, 2.24) is 29.7 Å². The molecule has 0 saturated carbocycles. The number of rotatable bonds is 6. The zero-order valence-corrected chi connectivity index (χ0v) is 20.3. The molecule has 2 aliphatic heterocycles. The number of hydrogen-bond acceptors (Lipinski definition) is 12. The average molecular weight is 498 g/mol. The summed E-state index contributed by atoms with van der Waals surface area (Å²) in [7, 11) is 0. The van der Waals surface area contributed by atoms with Crippen molar-refractivity contribution in [3.05, 3.63) is 27.7 Å². The molecule has 13 heteroatoms. The standard InChI is InChI=1S/C22H27N9O3S/c1-14-16(13-29-2-4-30(5-3-29)17(32)12-26-33)35-19-18(14)27-20(15-10-24-22(23)25-11-15)28-21(19)31-6-8-34-9-7-31/h10-11H,2-9,12-13H2,1H3,(H2,23,24,25). The Bertz CT molecular complexity index is 1220. The Balaban J connectivity index is 1.45. The zero-order chi connectivity index (χ0) is 24.4. The number of aryl methyl sites for hydroxylation is 1.